The first-order valence-electron chi connectivity index (χ1n) is 5.00. The van der Waals surface area contributed by atoms with Crippen molar-refractivity contribution in [1.29, 1.82) is 0 Å². The van der Waals surface area contributed by atoms with E-state index in [0.29, 0.717) is 11.7 Å². The van der Waals surface area contributed by atoms with Crippen LogP contribution in [-0.2, 0) is 6.42 Å². The van der Waals surface area contributed by atoms with Gasteiger partial charge in [-0.3, -0.25) is 4.79 Å². The van der Waals surface area contributed by atoms with Crippen molar-refractivity contribution in [1.82, 2.24) is 5.16 Å². The van der Waals surface area contributed by atoms with Gasteiger partial charge in [0.15, 0.2) is 0 Å². The van der Waals surface area contributed by atoms with E-state index in [9.17, 15) is 4.79 Å². The number of nitrogens with zero attached hydrogens (tertiary/aromatic N) is 1. The second kappa shape index (κ2) is 4.40. The highest BCUT2D eigenvalue weighted by Gasteiger charge is 2.16. The summed E-state index contributed by atoms with van der Waals surface area (Å²) >= 11 is 0. The normalized spacial score (nSPS) is 11.3. The summed E-state index contributed by atoms with van der Waals surface area (Å²) in [6, 6.07) is 1.75. The molecule has 0 saturated carbocycles. The van der Waals surface area contributed by atoms with Gasteiger partial charge in [-0.2, -0.15) is 0 Å². The summed E-state index contributed by atoms with van der Waals surface area (Å²) in [7, 11) is 0. The average Bonchev–Trinajstić information content (AvgIpc) is 2.50. The highest BCUT2D eigenvalue weighted by atomic mass is 16.5. The van der Waals surface area contributed by atoms with E-state index in [1.54, 1.807) is 6.07 Å². The van der Waals surface area contributed by atoms with Crippen LogP contribution < -0.4 is 0 Å². The van der Waals surface area contributed by atoms with E-state index in [-0.39, 0.29) is 11.7 Å². The third kappa shape index (κ3) is 2.69. The monoisotopic (exact) mass is 195 g/mol. The fraction of sp³-hybridized carbons (Fsp3) is 0.636. The van der Waals surface area contributed by atoms with Crippen LogP contribution in [0.3, 0.4) is 0 Å². The Bertz CT molecular complexity index is 313. The van der Waals surface area contributed by atoms with Crippen LogP contribution in [0.1, 0.15) is 43.9 Å². The van der Waals surface area contributed by atoms with Crippen molar-refractivity contribution in [2.75, 3.05) is 0 Å². The molecule has 0 aliphatic rings. The number of aromatic nitrogens is 1. The largest absolute Gasteiger partial charge is 0.353 e. The molecule has 0 unspecified atom stereocenters. The van der Waals surface area contributed by atoms with Gasteiger partial charge in [-0.05, 0) is 12.3 Å². The Morgan fingerprint density at radius 1 is 1.43 bits per heavy atom. The standard InChI is InChI=1S/C11H17NO2/c1-7(2)5-9-6-10(14-12-9)11(13)8(3)4/h6-8H,5H2,1-4H3. The average molecular weight is 195 g/mol. The van der Waals surface area contributed by atoms with Crippen molar-refractivity contribution >= 4 is 5.78 Å². The molecule has 0 N–H and O–H groups in total. The van der Waals surface area contributed by atoms with Crippen molar-refractivity contribution in [3.05, 3.63) is 17.5 Å². The van der Waals surface area contributed by atoms with Crippen LogP contribution >= 0.6 is 0 Å². The lowest BCUT2D eigenvalue weighted by Crippen LogP contribution is -2.05. The predicted molar refractivity (Wildman–Crippen MR) is 54.2 cm³/mol. The molecule has 0 saturated heterocycles. The maximum atomic E-state index is 11.5. The van der Waals surface area contributed by atoms with E-state index in [1.165, 1.54) is 0 Å². The zero-order chi connectivity index (χ0) is 10.7. The molecule has 3 heteroatoms. The molecular formula is C11H17NO2. The molecular weight excluding hydrogens is 178 g/mol. The predicted octanol–water partition coefficient (Wildman–Crippen LogP) is 2.71. The number of hydrogen-bond acceptors (Lipinski definition) is 3. The highest BCUT2D eigenvalue weighted by molar-refractivity contribution is 5.94. The number of Topliss-reactive ketones (excluding diaryl/α,β-unsaturated/α-hetero) is 1. The highest BCUT2D eigenvalue weighted by Crippen LogP contribution is 2.12. The quantitative estimate of drug-likeness (QED) is 0.694. The van der Waals surface area contributed by atoms with E-state index in [0.717, 1.165) is 12.1 Å². The first-order chi connectivity index (χ1) is 6.50. The zero-order valence-electron chi connectivity index (χ0n) is 9.20. The second-order valence-corrected chi connectivity index (χ2v) is 4.30. The summed E-state index contributed by atoms with van der Waals surface area (Å²) in [5.74, 6) is 0.903. The smallest absolute Gasteiger partial charge is 0.203 e. The van der Waals surface area contributed by atoms with Crippen molar-refractivity contribution in [3.63, 3.8) is 0 Å². The van der Waals surface area contributed by atoms with Gasteiger partial charge in [-0.25, -0.2) is 0 Å². The molecule has 1 aromatic rings. The summed E-state index contributed by atoms with van der Waals surface area (Å²) in [6.07, 6.45) is 0.856. The van der Waals surface area contributed by atoms with Crippen molar-refractivity contribution in [3.8, 4) is 0 Å². The third-order valence-electron chi connectivity index (χ3n) is 1.94. The molecule has 0 radical (unpaired) electrons. The zero-order valence-corrected chi connectivity index (χ0v) is 9.20. The lowest BCUT2D eigenvalue weighted by atomic mass is 10.0. The summed E-state index contributed by atoms with van der Waals surface area (Å²) in [6.45, 7) is 7.93. The van der Waals surface area contributed by atoms with Gasteiger partial charge >= 0.3 is 0 Å². The maximum absolute atomic E-state index is 11.5. The lowest BCUT2D eigenvalue weighted by molar-refractivity contribution is 0.0902. The number of hydrogen-bond donors (Lipinski definition) is 0. The van der Waals surface area contributed by atoms with Crippen LogP contribution in [0.4, 0.5) is 0 Å². The van der Waals surface area contributed by atoms with Gasteiger partial charge in [-0.15, -0.1) is 0 Å². The minimum absolute atomic E-state index is 0.0208. The first-order valence-corrected chi connectivity index (χ1v) is 5.00. The number of carbonyl (C=O) groups is 1. The van der Waals surface area contributed by atoms with Crippen molar-refractivity contribution in [2.45, 2.75) is 34.1 Å². The summed E-state index contributed by atoms with van der Waals surface area (Å²) in [5.41, 5.74) is 0.865. The molecule has 3 nitrogen and oxygen atoms in total. The molecule has 1 aromatic heterocycles. The summed E-state index contributed by atoms with van der Waals surface area (Å²) in [4.78, 5) is 11.5. The Balaban J connectivity index is 2.73. The minimum Gasteiger partial charge on any atom is -0.353 e. The number of rotatable bonds is 4. The molecule has 1 heterocycles. The molecule has 14 heavy (non-hydrogen) atoms. The van der Waals surface area contributed by atoms with Crippen LogP contribution in [-0.4, -0.2) is 10.9 Å². The summed E-state index contributed by atoms with van der Waals surface area (Å²) < 4.78 is 4.99. The molecule has 0 bridgehead atoms. The topological polar surface area (TPSA) is 43.1 Å². The molecule has 0 atom stereocenters. The van der Waals surface area contributed by atoms with Crippen molar-refractivity contribution in [2.24, 2.45) is 11.8 Å². The lowest BCUT2D eigenvalue weighted by Gasteiger charge is -1.98. The molecule has 0 spiro atoms. The van der Waals surface area contributed by atoms with E-state index >= 15 is 0 Å². The molecule has 1 rings (SSSR count). The fourth-order valence-electron chi connectivity index (χ4n) is 1.23. The molecule has 0 amide bonds. The molecule has 0 aromatic carbocycles. The molecule has 0 fully saturated rings. The third-order valence-corrected chi connectivity index (χ3v) is 1.94. The number of carbonyl (C=O) groups excluding carboxylic acids is 1. The molecule has 78 valence electrons. The Morgan fingerprint density at radius 2 is 2.07 bits per heavy atom. The van der Waals surface area contributed by atoms with Crippen LogP contribution in [0.2, 0.25) is 0 Å². The summed E-state index contributed by atoms with van der Waals surface area (Å²) in [5, 5.41) is 3.86. The van der Waals surface area contributed by atoms with Crippen LogP contribution in [0.15, 0.2) is 10.6 Å². The van der Waals surface area contributed by atoms with Gasteiger partial charge in [0.1, 0.15) is 0 Å². The van der Waals surface area contributed by atoms with Gasteiger partial charge in [0.25, 0.3) is 0 Å². The first kappa shape index (κ1) is 11.0. The molecule has 0 aliphatic carbocycles. The fourth-order valence-corrected chi connectivity index (χ4v) is 1.23. The SMILES string of the molecule is CC(C)Cc1cc(C(=O)C(C)C)on1. The van der Waals surface area contributed by atoms with Crippen LogP contribution in [0.5, 0.6) is 0 Å². The van der Waals surface area contributed by atoms with Gasteiger partial charge in [-0.1, -0.05) is 32.9 Å². The Kier molecular flexibility index (Phi) is 3.44. The molecule has 0 aliphatic heterocycles. The van der Waals surface area contributed by atoms with E-state index in [2.05, 4.69) is 19.0 Å². The minimum atomic E-state index is -0.0325. The van der Waals surface area contributed by atoms with Crippen LogP contribution in [0, 0.1) is 11.8 Å². The Hall–Kier alpha value is -1.12. The Morgan fingerprint density at radius 3 is 2.57 bits per heavy atom. The van der Waals surface area contributed by atoms with Crippen molar-refractivity contribution < 1.29 is 9.32 Å². The van der Waals surface area contributed by atoms with E-state index in [1.807, 2.05) is 13.8 Å². The van der Waals surface area contributed by atoms with Gasteiger partial charge < -0.3 is 4.52 Å². The van der Waals surface area contributed by atoms with E-state index in [4.69, 9.17) is 4.52 Å². The van der Waals surface area contributed by atoms with E-state index < -0.39 is 0 Å². The Labute approximate surface area is 84.5 Å². The van der Waals surface area contributed by atoms with Gasteiger partial charge in [0, 0.05) is 12.0 Å². The maximum Gasteiger partial charge on any atom is 0.203 e. The van der Waals surface area contributed by atoms with Gasteiger partial charge in [0.2, 0.25) is 11.5 Å². The van der Waals surface area contributed by atoms with Gasteiger partial charge in [0.05, 0.1) is 5.69 Å². The van der Waals surface area contributed by atoms with Crippen LogP contribution in [0.25, 0.3) is 0 Å². The second-order valence-electron chi connectivity index (χ2n) is 4.30. The number of ketones is 1.